The molecule has 0 atom stereocenters. The van der Waals surface area contributed by atoms with Crippen molar-refractivity contribution in [2.75, 3.05) is 18.5 Å². The van der Waals surface area contributed by atoms with Gasteiger partial charge in [0.1, 0.15) is 12.4 Å². The van der Waals surface area contributed by atoms with Crippen molar-refractivity contribution in [3.8, 4) is 0 Å². The van der Waals surface area contributed by atoms with E-state index in [1.165, 1.54) is 0 Å². The van der Waals surface area contributed by atoms with Crippen LogP contribution in [0, 0.1) is 10.1 Å². The summed E-state index contributed by atoms with van der Waals surface area (Å²) in [6.07, 6.45) is 2.09. The molecule has 0 saturated carbocycles. The lowest BCUT2D eigenvalue weighted by Crippen LogP contribution is -2.28. The van der Waals surface area contributed by atoms with Crippen LogP contribution in [0.4, 0.5) is 11.6 Å². The summed E-state index contributed by atoms with van der Waals surface area (Å²) < 4.78 is 0. The number of rotatable bonds is 5. The number of nitrogens with one attached hydrogen (secondary N) is 1. The Kier molecular flexibility index (Phi) is 3.89. The zero-order valence-electron chi connectivity index (χ0n) is 7.70. The first kappa shape index (κ1) is 11.3. The van der Waals surface area contributed by atoms with Crippen LogP contribution in [0.1, 0.15) is 0 Å². The fourth-order valence-electron chi connectivity index (χ4n) is 0.822. The van der Waals surface area contributed by atoms with Gasteiger partial charge in [-0.3, -0.25) is 10.1 Å². The van der Waals surface area contributed by atoms with E-state index < -0.39 is 11.0 Å². The molecule has 1 heterocycles. The topological polar surface area (TPSA) is 121 Å². The van der Waals surface area contributed by atoms with Crippen molar-refractivity contribution >= 4 is 11.6 Å². The van der Waals surface area contributed by atoms with Gasteiger partial charge in [-0.25, -0.2) is 9.97 Å². The van der Waals surface area contributed by atoms with Crippen LogP contribution in [0.2, 0.25) is 0 Å². The minimum absolute atomic E-state index is 0.119. The Labute approximate surface area is 84.8 Å². The maximum Gasteiger partial charge on any atom is 0.305 e. The quantitative estimate of drug-likeness (QED) is 0.431. The summed E-state index contributed by atoms with van der Waals surface area (Å²) in [5, 5.41) is 30.4. The molecule has 0 aliphatic rings. The Morgan fingerprint density at radius 1 is 1.40 bits per heavy atom. The van der Waals surface area contributed by atoms with Crippen molar-refractivity contribution in [3.63, 3.8) is 0 Å². The predicted octanol–water partition coefficient (Wildman–Crippen LogP) is -0.850. The normalized spacial score (nSPS) is 10.3. The Hall–Kier alpha value is -1.80. The van der Waals surface area contributed by atoms with E-state index in [1.54, 1.807) is 0 Å². The van der Waals surface area contributed by atoms with E-state index in [4.69, 9.17) is 10.2 Å². The monoisotopic (exact) mass is 214 g/mol. The Bertz CT molecular complexity index is 324. The number of nitro groups is 1. The maximum absolute atomic E-state index is 10.3. The SMILES string of the molecule is O=[N+]([O-])c1cnc(NC(CO)CO)nc1. The molecule has 82 valence electrons. The molecule has 3 N–H and O–H groups in total. The summed E-state index contributed by atoms with van der Waals surface area (Å²) >= 11 is 0. The summed E-state index contributed by atoms with van der Waals surface area (Å²) in [4.78, 5) is 17.0. The van der Waals surface area contributed by atoms with E-state index >= 15 is 0 Å². The molecule has 1 rings (SSSR count). The van der Waals surface area contributed by atoms with Crippen LogP contribution in [0.15, 0.2) is 12.4 Å². The number of nitrogens with zero attached hydrogens (tertiary/aromatic N) is 3. The molecule has 0 saturated heterocycles. The van der Waals surface area contributed by atoms with Crippen LogP contribution in [0.5, 0.6) is 0 Å². The molecule has 0 spiro atoms. The van der Waals surface area contributed by atoms with E-state index in [1.807, 2.05) is 0 Å². The third kappa shape index (κ3) is 3.11. The largest absolute Gasteiger partial charge is 0.394 e. The second-order valence-electron chi connectivity index (χ2n) is 2.73. The molecular weight excluding hydrogens is 204 g/mol. The number of aromatic nitrogens is 2. The van der Waals surface area contributed by atoms with Crippen LogP contribution in [0.25, 0.3) is 0 Å². The van der Waals surface area contributed by atoms with Crippen LogP contribution >= 0.6 is 0 Å². The molecule has 1 aromatic heterocycles. The Morgan fingerprint density at radius 3 is 2.33 bits per heavy atom. The van der Waals surface area contributed by atoms with Crippen molar-refractivity contribution < 1.29 is 15.1 Å². The smallest absolute Gasteiger partial charge is 0.305 e. The van der Waals surface area contributed by atoms with Gasteiger partial charge in [0.05, 0.1) is 24.2 Å². The highest BCUT2D eigenvalue weighted by atomic mass is 16.6. The lowest BCUT2D eigenvalue weighted by molar-refractivity contribution is -0.385. The van der Waals surface area contributed by atoms with Gasteiger partial charge in [-0.05, 0) is 0 Å². The summed E-state index contributed by atoms with van der Waals surface area (Å²) in [6.45, 7) is -0.562. The van der Waals surface area contributed by atoms with Crippen molar-refractivity contribution in [1.29, 1.82) is 0 Å². The molecule has 0 aliphatic carbocycles. The van der Waals surface area contributed by atoms with Gasteiger partial charge < -0.3 is 15.5 Å². The highest BCUT2D eigenvalue weighted by Crippen LogP contribution is 2.08. The fourth-order valence-corrected chi connectivity index (χ4v) is 0.822. The number of anilines is 1. The number of aliphatic hydroxyl groups is 2. The Morgan fingerprint density at radius 2 is 1.93 bits per heavy atom. The third-order valence-electron chi connectivity index (χ3n) is 1.62. The number of aliphatic hydroxyl groups excluding tert-OH is 2. The molecule has 0 aromatic carbocycles. The first-order valence-corrected chi connectivity index (χ1v) is 4.12. The molecule has 15 heavy (non-hydrogen) atoms. The highest BCUT2D eigenvalue weighted by molar-refractivity contribution is 5.31. The maximum atomic E-state index is 10.3. The predicted molar refractivity (Wildman–Crippen MR) is 50.3 cm³/mol. The Balaban J connectivity index is 2.67. The standard InChI is InChI=1S/C7H10N4O4/c12-3-5(4-13)10-7-8-1-6(2-9-7)11(14)15/h1-2,5,12-13H,3-4H2,(H,8,9,10). The number of hydrogen-bond donors (Lipinski definition) is 3. The molecule has 8 nitrogen and oxygen atoms in total. The fraction of sp³-hybridized carbons (Fsp3) is 0.429. The molecule has 0 unspecified atom stereocenters. The molecule has 0 aliphatic heterocycles. The molecule has 0 radical (unpaired) electrons. The lowest BCUT2D eigenvalue weighted by atomic mass is 10.3. The molecule has 0 fully saturated rings. The average molecular weight is 214 g/mol. The average Bonchev–Trinajstić information content (AvgIpc) is 2.26. The third-order valence-corrected chi connectivity index (χ3v) is 1.62. The van der Waals surface area contributed by atoms with E-state index in [-0.39, 0.29) is 24.8 Å². The zero-order valence-corrected chi connectivity index (χ0v) is 7.70. The van der Waals surface area contributed by atoms with Gasteiger partial charge in [-0.1, -0.05) is 0 Å². The van der Waals surface area contributed by atoms with Crippen molar-refractivity contribution in [2.24, 2.45) is 0 Å². The van der Waals surface area contributed by atoms with Gasteiger partial charge in [0, 0.05) is 0 Å². The summed E-state index contributed by atoms with van der Waals surface area (Å²) in [6, 6.07) is -0.577. The minimum atomic E-state index is -0.612. The van der Waals surface area contributed by atoms with Gasteiger partial charge >= 0.3 is 5.69 Å². The molecule has 0 amide bonds. The van der Waals surface area contributed by atoms with Crippen molar-refractivity contribution in [1.82, 2.24) is 9.97 Å². The van der Waals surface area contributed by atoms with Crippen LogP contribution < -0.4 is 5.32 Å². The second-order valence-corrected chi connectivity index (χ2v) is 2.73. The molecule has 8 heteroatoms. The van der Waals surface area contributed by atoms with Crippen LogP contribution in [0.3, 0.4) is 0 Å². The summed E-state index contributed by atoms with van der Waals surface area (Å²) in [5.41, 5.74) is -0.218. The van der Waals surface area contributed by atoms with Gasteiger partial charge in [0.25, 0.3) is 0 Å². The van der Waals surface area contributed by atoms with Gasteiger partial charge in [0.15, 0.2) is 0 Å². The van der Waals surface area contributed by atoms with E-state index in [0.717, 1.165) is 12.4 Å². The first-order valence-electron chi connectivity index (χ1n) is 4.12. The summed E-state index contributed by atoms with van der Waals surface area (Å²) in [7, 11) is 0. The molecule has 1 aromatic rings. The van der Waals surface area contributed by atoms with Crippen molar-refractivity contribution in [2.45, 2.75) is 6.04 Å². The minimum Gasteiger partial charge on any atom is -0.394 e. The first-order chi connectivity index (χ1) is 7.17. The van der Waals surface area contributed by atoms with Gasteiger partial charge in [-0.2, -0.15) is 0 Å². The van der Waals surface area contributed by atoms with E-state index in [0.29, 0.717) is 0 Å². The van der Waals surface area contributed by atoms with E-state index in [2.05, 4.69) is 15.3 Å². The molecular formula is C7H10N4O4. The van der Waals surface area contributed by atoms with Gasteiger partial charge in [-0.15, -0.1) is 0 Å². The second kappa shape index (κ2) is 5.17. The van der Waals surface area contributed by atoms with Crippen LogP contribution in [-0.4, -0.2) is 44.4 Å². The summed E-state index contributed by atoms with van der Waals surface area (Å²) in [5.74, 6) is 0.119. The number of hydrogen-bond acceptors (Lipinski definition) is 7. The lowest BCUT2D eigenvalue weighted by Gasteiger charge is -2.12. The zero-order chi connectivity index (χ0) is 11.3. The van der Waals surface area contributed by atoms with E-state index in [9.17, 15) is 10.1 Å². The van der Waals surface area contributed by atoms with Crippen LogP contribution in [-0.2, 0) is 0 Å². The van der Waals surface area contributed by atoms with Gasteiger partial charge in [0.2, 0.25) is 5.95 Å². The van der Waals surface area contributed by atoms with Crippen molar-refractivity contribution in [3.05, 3.63) is 22.5 Å². The highest BCUT2D eigenvalue weighted by Gasteiger charge is 2.09. The molecule has 0 bridgehead atoms.